The molecule has 3 N–H and O–H groups in total. The van der Waals surface area contributed by atoms with Crippen LogP contribution in [0.2, 0.25) is 0 Å². The Morgan fingerprint density at radius 1 is 1.10 bits per heavy atom. The van der Waals surface area contributed by atoms with Gasteiger partial charge in [-0.2, -0.15) is 0 Å². The number of nitrogens with one attached hydrogen (secondary N) is 1. The van der Waals surface area contributed by atoms with E-state index >= 15 is 0 Å². The molecule has 3 heterocycles. The third kappa shape index (κ3) is 6.11. The molecule has 41 heavy (non-hydrogen) atoms. The van der Waals surface area contributed by atoms with Gasteiger partial charge in [0, 0.05) is 45.3 Å². The summed E-state index contributed by atoms with van der Waals surface area (Å²) >= 11 is 0. The summed E-state index contributed by atoms with van der Waals surface area (Å²) < 4.78 is 33.2. The number of hydrogen-bond donors (Lipinski definition) is 2. The van der Waals surface area contributed by atoms with Gasteiger partial charge in [0.2, 0.25) is 21.9 Å². The number of anilines is 3. The number of aromatic nitrogens is 3. The van der Waals surface area contributed by atoms with Gasteiger partial charge in [0.1, 0.15) is 5.75 Å². The van der Waals surface area contributed by atoms with Crippen molar-refractivity contribution in [1.29, 1.82) is 0 Å². The molecule has 216 valence electrons. The van der Waals surface area contributed by atoms with Gasteiger partial charge in [0.25, 0.3) is 0 Å². The molecule has 4 aromatic rings. The Kier molecular flexibility index (Phi) is 8.10. The summed E-state index contributed by atoms with van der Waals surface area (Å²) in [7, 11) is -0.309. The smallest absolute Gasteiger partial charge is 0.245 e. The normalized spacial score (nSPS) is 14.3. The number of benzene rings is 2. The van der Waals surface area contributed by atoms with Gasteiger partial charge in [-0.3, -0.25) is 14.0 Å². The molecule has 1 amide bonds. The van der Waals surface area contributed by atoms with Gasteiger partial charge in [-0.25, -0.2) is 17.9 Å². The minimum atomic E-state index is -3.46. The Labute approximate surface area is 239 Å². The van der Waals surface area contributed by atoms with Crippen LogP contribution in [-0.4, -0.2) is 91.9 Å². The van der Waals surface area contributed by atoms with E-state index in [0.29, 0.717) is 36.2 Å². The highest BCUT2D eigenvalue weighted by Gasteiger charge is 2.21. The molecule has 0 saturated carbocycles. The predicted octanol–water partition coefficient (Wildman–Crippen LogP) is 2.15. The molecule has 0 aliphatic carbocycles. The van der Waals surface area contributed by atoms with E-state index < -0.39 is 10.0 Å². The summed E-state index contributed by atoms with van der Waals surface area (Å²) in [6.07, 6.45) is 2.88. The average molecular weight is 579 g/mol. The van der Waals surface area contributed by atoms with Gasteiger partial charge < -0.3 is 20.7 Å². The van der Waals surface area contributed by atoms with Gasteiger partial charge in [-0.15, -0.1) is 5.10 Å². The number of nitrogens with two attached hydrogens (primary N) is 1. The van der Waals surface area contributed by atoms with Gasteiger partial charge in [0.05, 0.1) is 48.7 Å². The highest BCUT2D eigenvalue weighted by atomic mass is 32.2. The Bertz CT molecular complexity index is 1660. The van der Waals surface area contributed by atoms with E-state index in [1.807, 2.05) is 42.5 Å². The van der Waals surface area contributed by atoms with Crippen molar-refractivity contribution < 1.29 is 17.9 Å². The number of fused-ring (bicyclic) bond motifs is 1. The van der Waals surface area contributed by atoms with Crippen LogP contribution in [0, 0.1) is 0 Å². The average Bonchev–Trinajstić information content (AvgIpc) is 3.40. The molecular formula is C28H34N8O4S. The van der Waals surface area contributed by atoms with E-state index in [0.717, 1.165) is 42.0 Å². The number of piperazine rings is 1. The van der Waals surface area contributed by atoms with Crippen molar-refractivity contribution in [2.75, 3.05) is 62.8 Å². The van der Waals surface area contributed by atoms with Crippen LogP contribution >= 0.6 is 0 Å². The fraction of sp³-hybridized carbons (Fsp3) is 0.321. The SMILES string of the molecule is COc1cc(CN2CCN(C(=O)CN)CC2)ccc1Nc1ncc2ccc(-c3ccccc3N(C)S(C)(=O)=O)n2n1. The van der Waals surface area contributed by atoms with Crippen LogP contribution in [0.3, 0.4) is 0 Å². The molecule has 0 radical (unpaired) electrons. The number of rotatable bonds is 9. The lowest BCUT2D eigenvalue weighted by molar-refractivity contribution is -0.131. The van der Waals surface area contributed by atoms with Crippen LogP contribution in [-0.2, 0) is 21.4 Å². The number of nitrogens with zero attached hydrogens (tertiary/aromatic N) is 6. The first kappa shape index (κ1) is 28.3. The third-order valence-corrected chi connectivity index (χ3v) is 8.43. The minimum Gasteiger partial charge on any atom is -0.495 e. The first-order chi connectivity index (χ1) is 19.7. The van der Waals surface area contributed by atoms with Crippen LogP contribution in [0.5, 0.6) is 5.75 Å². The van der Waals surface area contributed by atoms with Crippen LogP contribution in [0.15, 0.2) is 60.8 Å². The fourth-order valence-corrected chi connectivity index (χ4v) is 5.42. The number of sulfonamides is 1. The topological polar surface area (TPSA) is 138 Å². The van der Waals surface area contributed by atoms with Gasteiger partial charge in [0.15, 0.2) is 0 Å². The Morgan fingerprint density at radius 2 is 1.85 bits per heavy atom. The molecule has 12 nitrogen and oxygen atoms in total. The van der Waals surface area contributed by atoms with Crippen molar-refractivity contribution in [1.82, 2.24) is 24.4 Å². The molecule has 2 aromatic carbocycles. The lowest BCUT2D eigenvalue weighted by Gasteiger charge is -2.34. The molecule has 5 rings (SSSR count). The molecule has 0 bridgehead atoms. The van der Waals surface area contributed by atoms with Crippen molar-refractivity contribution >= 4 is 38.8 Å². The zero-order valence-electron chi connectivity index (χ0n) is 23.3. The molecular weight excluding hydrogens is 544 g/mol. The number of hydrogen-bond acceptors (Lipinski definition) is 9. The largest absolute Gasteiger partial charge is 0.495 e. The number of methoxy groups -OCH3 is 1. The number of para-hydroxylation sites is 1. The molecule has 13 heteroatoms. The third-order valence-electron chi connectivity index (χ3n) is 7.23. The van der Waals surface area contributed by atoms with Crippen LogP contribution in [0.25, 0.3) is 16.8 Å². The number of ether oxygens (including phenoxy) is 1. The summed E-state index contributed by atoms with van der Waals surface area (Å²) in [5.74, 6) is 0.992. The molecule has 0 spiro atoms. The first-order valence-corrected chi connectivity index (χ1v) is 15.0. The van der Waals surface area contributed by atoms with Crippen molar-refractivity contribution in [3.63, 3.8) is 0 Å². The Balaban J connectivity index is 1.36. The van der Waals surface area contributed by atoms with Gasteiger partial charge >= 0.3 is 0 Å². The van der Waals surface area contributed by atoms with Gasteiger partial charge in [-0.05, 0) is 35.9 Å². The van der Waals surface area contributed by atoms with Crippen molar-refractivity contribution in [3.8, 4) is 17.0 Å². The van der Waals surface area contributed by atoms with E-state index in [2.05, 4.69) is 15.2 Å². The zero-order valence-corrected chi connectivity index (χ0v) is 24.1. The summed E-state index contributed by atoms with van der Waals surface area (Å²) in [5, 5.41) is 7.97. The molecule has 1 aliphatic rings. The maximum absolute atomic E-state index is 12.3. The van der Waals surface area contributed by atoms with Crippen molar-refractivity contribution in [3.05, 3.63) is 66.4 Å². The molecule has 0 unspecified atom stereocenters. The quantitative estimate of drug-likeness (QED) is 0.306. The van der Waals surface area contributed by atoms with Crippen LogP contribution in [0.1, 0.15) is 5.56 Å². The standard InChI is InChI=1S/C28H34N8O4S/c1-33(41(3,38)39)24-7-5-4-6-22(24)25-11-9-21-18-30-28(32-36(21)25)31-23-10-8-20(16-26(23)40-2)19-34-12-14-35(15-13-34)27(37)17-29/h4-11,16,18H,12-15,17,19,29H2,1-3H3,(H,31,32). The van der Waals surface area contributed by atoms with Crippen molar-refractivity contribution in [2.45, 2.75) is 6.54 Å². The second-order valence-electron chi connectivity index (χ2n) is 9.91. The maximum atomic E-state index is 12.3. The van der Waals surface area contributed by atoms with E-state index in [1.54, 1.807) is 34.9 Å². The lowest BCUT2D eigenvalue weighted by atomic mass is 10.1. The molecule has 2 aromatic heterocycles. The van der Waals surface area contributed by atoms with Crippen LogP contribution < -0.4 is 20.1 Å². The summed E-state index contributed by atoms with van der Waals surface area (Å²) in [6.45, 7) is 3.68. The number of carbonyl (C=O) groups excluding carboxylic acids is 1. The van der Waals surface area contributed by atoms with E-state index in [1.165, 1.54) is 17.6 Å². The summed E-state index contributed by atoms with van der Waals surface area (Å²) in [6, 6.07) is 17.0. The van der Waals surface area contributed by atoms with E-state index in [4.69, 9.17) is 15.6 Å². The monoisotopic (exact) mass is 578 g/mol. The van der Waals surface area contributed by atoms with Gasteiger partial charge in [-0.1, -0.05) is 24.3 Å². The van der Waals surface area contributed by atoms with E-state index in [-0.39, 0.29) is 12.5 Å². The lowest BCUT2D eigenvalue weighted by Crippen LogP contribution is -2.49. The molecule has 1 saturated heterocycles. The maximum Gasteiger partial charge on any atom is 0.245 e. The Hall–Kier alpha value is -4.20. The minimum absolute atomic E-state index is 0.0142. The number of carbonyl (C=O) groups is 1. The molecule has 0 atom stereocenters. The van der Waals surface area contributed by atoms with E-state index in [9.17, 15) is 13.2 Å². The fourth-order valence-electron chi connectivity index (χ4n) is 4.91. The Morgan fingerprint density at radius 3 is 2.56 bits per heavy atom. The second kappa shape index (κ2) is 11.7. The summed E-state index contributed by atoms with van der Waals surface area (Å²) in [4.78, 5) is 20.4. The zero-order chi connectivity index (χ0) is 29.1. The van der Waals surface area contributed by atoms with Crippen molar-refractivity contribution in [2.24, 2.45) is 5.73 Å². The highest BCUT2D eigenvalue weighted by molar-refractivity contribution is 7.92. The predicted molar refractivity (Wildman–Crippen MR) is 159 cm³/mol. The second-order valence-corrected chi connectivity index (χ2v) is 11.9. The summed E-state index contributed by atoms with van der Waals surface area (Å²) in [5.41, 5.74) is 10.0. The molecule has 1 fully saturated rings. The molecule has 1 aliphatic heterocycles. The number of amides is 1. The van der Waals surface area contributed by atoms with Crippen LogP contribution in [0.4, 0.5) is 17.3 Å². The first-order valence-electron chi connectivity index (χ1n) is 13.2. The highest BCUT2D eigenvalue weighted by Crippen LogP contribution is 2.33.